The maximum absolute atomic E-state index is 12.7. The lowest BCUT2D eigenvalue weighted by atomic mass is 9.96. The van der Waals surface area contributed by atoms with Crippen molar-refractivity contribution in [2.24, 2.45) is 5.92 Å². The summed E-state index contributed by atoms with van der Waals surface area (Å²) in [6, 6.07) is 5.50. The number of aromatic nitrogens is 6. The number of hydrogen-bond acceptors (Lipinski definition) is 9. The standard InChI is InChI=1S/C17H14Cl2N8OS2/c18-12-7-10(15(19)30-12)11-8-29-17(20-11)21-16(28)9-3-5-26(6-4-9)14-2-1-13-22-24-25-27(13)23-14/h1-2,7-9H,3-6H2,(H,20,21,28). The number of fused-ring (bicyclic) bond motifs is 1. The lowest BCUT2D eigenvalue weighted by Crippen LogP contribution is -2.38. The number of carbonyl (C=O) groups is 1. The number of rotatable bonds is 4. The van der Waals surface area contributed by atoms with E-state index in [1.54, 1.807) is 6.07 Å². The normalized spacial score (nSPS) is 15.1. The van der Waals surface area contributed by atoms with Gasteiger partial charge in [0.25, 0.3) is 0 Å². The molecule has 0 atom stereocenters. The van der Waals surface area contributed by atoms with Gasteiger partial charge in [-0.2, -0.15) is 0 Å². The van der Waals surface area contributed by atoms with E-state index in [1.165, 1.54) is 27.3 Å². The van der Waals surface area contributed by atoms with E-state index >= 15 is 0 Å². The van der Waals surface area contributed by atoms with Gasteiger partial charge in [-0.3, -0.25) is 4.79 Å². The number of tetrazole rings is 1. The molecular formula is C17H14Cl2N8OS2. The molecule has 9 nitrogen and oxygen atoms in total. The van der Waals surface area contributed by atoms with Gasteiger partial charge in [0.05, 0.1) is 10.0 Å². The topological polar surface area (TPSA) is 101 Å². The summed E-state index contributed by atoms with van der Waals surface area (Å²) < 4.78 is 2.60. The fourth-order valence-corrected chi connectivity index (χ4v) is 5.55. The summed E-state index contributed by atoms with van der Waals surface area (Å²) in [7, 11) is 0. The predicted molar refractivity (Wildman–Crippen MR) is 118 cm³/mol. The number of thiazole rings is 1. The van der Waals surface area contributed by atoms with Crippen molar-refractivity contribution in [3.05, 3.63) is 32.3 Å². The summed E-state index contributed by atoms with van der Waals surface area (Å²) in [5.74, 6) is 0.697. The van der Waals surface area contributed by atoms with Crippen LogP contribution in [0.4, 0.5) is 10.9 Å². The SMILES string of the molecule is O=C(Nc1nc(-c2cc(Cl)sc2Cl)cs1)C1CCN(c2ccc3nnnn3n2)CC1. The maximum atomic E-state index is 12.7. The molecule has 0 radical (unpaired) electrons. The quantitative estimate of drug-likeness (QED) is 0.472. The summed E-state index contributed by atoms with van der Waals surface area (Å²) in [6.45, 7) is 1.45. The number of nitrogens with zero attached hydrogens (tertiary/aromatic N) is 7. The Morgan fingerprint density at radius 2 is 2.07 bits per heavy atom. The van der Waals surface area contributed by atoms with Gasteiger partial charge in [-0.25, -0.2) is 4.98 Å². The van der Waals surface area contributed by atoms with Crippen LogP contribution in [-0.2, 0) is 4.79 Å². The molecule has 5 heterocycles. The van der Waals surface area contributed by atoms with Crippen LogP contribution in [-0.4, -0.2) is 49.2 Å². The molecule has 0 bridgehead atoms. The maximum Gasteiger partial charge on any atom is 0.229 e. The minimum Gasteiger partial charge on any atom is -0.355 e. The molecule has 4 aromatic rings. The van der Waals surface area contributed by atoms with Crippen LogP contribution in [0.15, 0.2) is 23.6 Å². The van der Waals surface area contributed by atoms with E-state index in [0.717, 1.165) is 37.3 Å². The summed E-state index contributed by atoms with van der Waals surface area (Å²) in [6.07, 6.45) is 1.46. The number of hydrogen-bond donors (Lipinski definition) is 1. The smallest absolute Gasteiger partial charge is 0.229 e. The first-order valence-electron chi connectivity index (χ1n) is 9.09. The van der Waals surface area contributed by atoms with Gasteiger partial charge in [0, 0.05) is 30.0 Å². The van der Waals surface area contributed by atoms with E-state index in [1.807, 2.05) is 17.5 Å². The number of nitrogens with one attached hydrogen (secondary N) is 1. The Bertz CT molecular complexity index is 1210. The molecule has 1 N–H and O–H groups in total. The Hall–Kier alpha value is -2.34. The largest absolute Gasteiger partial charge is 0.355 e. The molecule has 5 rings (SSSR count). The highest BCUT2D eigenvalue weighted by Gasteiger charge is 2.26. The van der Waals surface area contributed by atoms with Crippen molar-refractivity contribution >= 4 is 68.4 Å². The highest BCUT2D eigenvalue weighted by Crippen LogP contribution is 2.39. The molecule has 1 amide bonds. The highest BCUT2D eigenvalue weighted by molar-refractivity contribution is 7.20. The molecule has 1 aliphatic rings. The van der Waals surface area contributed by atoms with Crippen LogP contribution in [0.3, 0.4) is 0 Å². The van der Waals surface area contributed by atoms with Gasteiger partial charge in [-0.1, -0.05) is 23.2 Å². The third-order valence-corrected chi connectivity index (χ3v) is 7.16. The van der Waals surface area contributed by atoms with Crippen LogP contribution in [0.5, 0.6) is 0 Å². The van der Waals surface area contributed by atoms with E-state index in [4.69, 9.17) is 23.2 Å². The van der Waals surface area contributed by atoms with Crippen molar-refractivity contribution in [1.29, 1.82) is 0 Å². The Morgan fingerprint density at radius 3 is 2.83 bits per heavy atom. The van der Waals surface area contributed by atoms with Gasteiger partial charge in [-0.05, 0) is 41.5 Å². The van der Waals surface area contributed by atoms with Gasteiger partial charge in [0.1, 0.15) is 4.34 Å². The molecule has 0 aliphatic carbocycles. The van der Waals surface area contributed by atoms with E-state index < -0.39 is 0 Å². The Balaban J connectivity index is 1.20. The van der Waals surface area contributed by atoms with E-state index in [0.29, 0.717) is 25.1 Å². The lowest BCUT2D eigenvalue weighted by molar-refractivity contribution is -0.120. The Kier molecular flexibility index (Phi) is 5.27. The van der Waals surface area contributed by atoms with Crippen LogP contribution < -0.4 is 10.2 Å². The Morgan fingerprint density at radius 1 is 1.23 bits per heavy atom. The van der Waals surface area contributed by atoms with Crippen LogP contribution in [0.2, 0.25) is 8.67 Å². The van der Waals surface area contributed by atoms with E-state index in [9.17, 15) is 4.79 Å². The van der Waals surface area contributed by atoms with Gasteiger partial charge < -0.3 is 10.2 Å². The third kappa shape index (κ3) is 3.85. The van der Waals surface area contributed by atoms with Crippen molar-refractivity contribution in [3.63, 3.8) is 0 Å². The van der Waals surface area contributed by atoms with Crippen LogP contribution in [0.25, 0.3) is 16.9 Å². The molecule has 0 aromatic carbocycles. The molecular weight excluding hydrogens is 467 g/mol. The van der Waals surface area contributed by atoms with Crippen molar-refractivity contribution in [1.82, 2.24) is 30.2 Å². The molecule has 30 heavy (non-hydrogen) atoms. The number of amides is 1. The molecule has 1 fully saturated rings. The summed E-state index contributed by atoms with van der Waals surface area (Å²) in [5.41, 5.74) is 2.09. The van der Waals surface area contributed by atoms with Gasteiger partial charge in [0.2, 0.25) is 5.91 Å². The summed E-state index contributed by atoms with van der Waals surface area (Å²) in [5, 5.41) is 21.1. The molecule has 0 unspecified atom stereocenters. The molecule has 1 aliphatic heterocycles. The van der Waals surface area contributed by atoms with Crippen molar-refractivity contribution in [3.8, 4) is 11.3 Å². The second kappa shape index (κ2) is 8.06. The fraction of sp³-hybridized carbons (Fsp3) is 0.294. The first-order chi connectivity index (χ1) is 14.6. The number of anilines is 2. The molecule has 0 saturated carbocycles. The summed E-state index contributed by atoms with van der Waals surface area (Å²) in [4.78, 5) is 19.3. The minimum absolute atomic E-state index is 0.0196. The van der Waals surface area contributed by atoms with Crippen LogP contribution in [0, 0.1) is 5.92 Å². The van der Waals surface area contributed by atoms with Gasteiger partial charge in [-0.15, -0.1) is 37.5 Å². The average Bonchev–Trinajstić information content (AvgIpc) is 3.47. The number of halogens is 2. The predicted octanol–water partition coefficient (Wildman–Crippen LogP) is 3.87. The highest BCUT2D eigenvalue weighted by atomic mass is 35.5. The zero-order valence-corrected chi connectivity index (χ0v) is 18.5. The van der Waals surface area contributed by atoms with Crippen LogP contribution >= 0.6 is 45.9 Å². The molecule has 0 spiro atoms. The first kappa shape index (κ1) is 19.6. The van der Waals surface area contributed by atoms with Crippen molar-refractivity contribution < 1.29 is 4.79 Å². The molecule has 4 aromatic heterocycles. The zero-order valence-electron chi connectivity index (χ0n) is 15.3. The fourth-order valence-electron chi connectivity index (χ4n) is 3.36. The van der Waals surface area contributed by atoms with E-state index in [2.05, 4.69) is 35.8 Å². The number of carbonyl (C=O) groups excluding carboxylic acids is 1. The van der Waals surface area contributed by atoms with Crippen molar-refractivity contribution in [2.45, 2.75) is 12.8 Å². The molecule has 154 valence electrons. The molecule has 13 heteroatoms. The second-order valence-electron chi connectivity index (χ2n) is 6.74. The van der Waals surface area contributed by atoms with Gasteiger partial charge in [0.15, 0.2) is 16.6 Å². The van der Waals surface area contributed by atoms with Crippen molar-refractivity contribution in [2.75, 3.05) is 23.3 Å². The third-order valence-electron chi connectivity index (χ3n) is 4.91. The number of piperidine rings is 1. The monoisotopic (exact) mass is 480 g/mol. The lowest BCUT2D eigenvalue weighted by Gasteiger charge is -2.31. The van der Waals surface area contributed by atoms with E-state index in [-0.39, 0.29) is 11.8 Å². The first-order valence-corrected chi connectivity index (χ1v) is 11.5. The average molecular weight is 481 g/mol. The molecule has 1 saturated heterocycles. The number of thiophene rings is 1. The summed E-state index contributed by atoms with van der Waals surface area (Å²) >= 11 is 14.9. The second-order valence-corrected chi connectivity index (χ2v) is 9.89. The zero-order chi connectivity index (χ0) is 20.7. The van der Waals surface area contributed by atoms with Gasteiger partial charge >= 0.3 is 0 Å². The Labute approximate surface area is 188 Å². The van der Waals surface area contributed by atoms with Crippen LogP contribution in [0.1, 0.15) is 12.8 Å². The minimum atomic E-state index is -0.0791.